The Labute approximate surface area is 295 Å². The minimum absolute atomic E-state index is 0.0393. The molecule has 1 saturated heterocycles. The summed E-state index contributed by atoms with van der Waals surface area (Å²) in [6, 6.07) is 18.0. The molecule has 258 valence electrons. The van der Waals surface area contributed by atoms with E-state index in [1.807, 2.05) is 43.3 Å². The Bertz CT molecular complexity index is 2020. The van der Waals surface area contributed by atoms with E-state index in [9.17, 15) is 14.0 Å². The topological polar surface area (TPSA) is 105 Å². The number of anilines is 1. The van der Waals surface area contributed by atoms with Crippen LogP contribution in [0.4, 0.5) is 10.1 Å². The van der Waals surface area contributed by atoms with E-state index in [1.54, 1.807) is 17.0 Å². The highest BCUT2D eigenvalue weighted by Crippen LogP contribution is 2.38. The van der Waals surface area contributed by atoms with Crippen LogP contribution in [0, 0.1) is 5.82 Å². The Balaban J connectivity index is 1.20. The average molecular weight is 696 g/mol. The number of hydrogen-bond donors (Lipinski definition) is 0. The van der Waals surface area contributed by atoms with Gasteiger partial charge < -0.3 is 14.7 Å². The van der Waals surface area contributed by atoms with E-state index in [2.05, 4.69) is 50.5 Å². The number of piperidine rings is 1. The third kappa shape index (κ3) is 6.52. The van der Waals surface area contributed by atoms with Crippen molar-refractivity contribution in [2.24, 2.45) is 0 Å². The fourth-order valence-electron chi connectivity index (χ4n) is 7.10. The van der Waals surface area contributed by atoms with Crippen LogP contribution in [0.2, 0.25) is 5.02 Å². The first-order valence-corrected chi connectivity index (χ1v) is 17.3. The van der Waals surface area contributed by atoms with Crippen molar-refractivity contribution >= 4 is 29.0 Å². The van der Waals surface area contributed by atoms with Crippen LogP contribution in [-0.4, -0.2) is 91.2 Å². The molecule has 1 atom stereocenters. The summed E-state index contributed by atoms with van der Waals surface area (Å²) in [5.41, 5.74) is 5.08. The van der Waals surface area contributed by atoms with Crippen LogP contribution < -0.4 is 4.90 Å². The molecule has 7 rings (SSSR count). The predicted molar refractivity (Wildman–Crippen MR) is 189 cm³/mol. The van der Waals surface area contributed by atoms with E-state index < -0.39 is 11.9 Å². The zero-order valence-corrected chi connectivity index (χ0v) is 29.1. The minimum Gasteiger partial charge on any atom is -0.371 e. The molecule has 11 nitrogen and oxygen atoms in total. The van der Waals surface area contributed by atoms with E-state index in [-0.39, 0.29) is 34.4 Å². The van der Waals surface area contributed by atoms with Gasteiger partial charge in [-0.3, -0.25) is 9.59 Å². The molecule has 0 spiro atoms. The number of rotatable bonds is 9. The molecule has 0 radical (unpaired) electrons. The SMILES string of the molecule is CCn1nnc(-c2ccc(CC(=O)C3c4cccc(N5CCC(N(C)C)CC5)c4CCN3C(=O)c3cnn(-c4cccc(Cl)c4F)c3)cc2)n1. The lowest BCUT2D eigenvalue weighted by Gasteiger charge is -2.41. The number of Topliss-reactive ketones (excluding diaryl/α,β-unsaturated/α-hetero) is 1. The number of carbonyl (C=O) groups excluding carboxylic acids is 2. The number of tetrazole rings is 1. The average Bonchev–Trinajstić information content (AvgIpc) is 3.83. The maximum Gasteiger partial charge on any atom is 0.257 e. The third-order valence-corrected chi connectivity index (χ3v) is 10.1. The van der Waals surface area contributed by atoms with Crippen molar-refractivity contribution in [3.8, 4) is 17.1 Å². The largest absolute Gasteiger partial charge is 0.371 e. The first-order valence-electron chi connectivity index (χ1n) is 16.9. The summed E-state index contributed by atoms with van der Waals surface area (Å²) in [5.74, 6) is -0.558. The summed E-state index contributed by atoms with van der Waals surface area (Å²) in [5, 5.41) is 16.8. The molecule has 0 aliphatic carbocycles. The van der Waals surface area contributed by atoms with Gasteiger partial charge in [0, 0.05) is 49.5 Å². The first kappa shape index (κ1) is 33.6. The van der Waals surface area contributed by atoms with Crippen molar-refractivity contribution in [2.45, 2.75) is 51.2 Å². The highest BCUT2D eigenvalue weighted by atomic mass is 35.5. The Hall–Kier alpha value is -4.94. The summed E-state index contributed by atoms with van der Waals surface area (Å²) in [6.07, 6.45) is 5.73. The molecule has 4 heterocycles. The van der Waals surface area contributed by atoms with Gasteiger partial charge in [0.1, 0.15) is 11.7 Å². The third-order valence-electron chi connectivity index (χ3n) is 9.83. The molecule has 2 aromatic heterocycles. The number of aryl methyl sites for hydroxylation is 1. The second-order valence-electron chi connectivity index (χ2n) is 13.1. The normalized spacial score (nSPS) is 16.6. The molecule has 1 unspecified atom stereocenters. The summed E-state index contributed by atoms with van der Waals surface area (Å²) in [4.78, 5) is 36.6. The molecular weight excluding hydrogens is 657 g/mol. The Morgan fingerprint density at radius 3 is 2.44 bits per heavy atom. The molecule has 50 heavy (non-hydrogen) atoms. The van der Waals surface area contributed by atoms with Gasteiger partial charge in [0.15, 0.2) is 11.6 Å². The predicted octanol–water partition coefficient (Wildman–Crippen LogP) is 5.42. The van der Waals surface area contributed by atoms with E-state index >= 15 is 0 Å². The lowest BCUT2D eigenvalue weighted by atomic mass is 9.86. The number of nitrogens with zero attached hydrogens (tertiary/aromatic N) is 9. The highest BCUT2D eigenvalue weighted by molar-refractivity contribution is 6.30. The van der Waals surface area contributed by atoms with Crippen LogP contribution in [0.15, 0.2) is 73.1 Å². The van der Waals surface area contributed by atoms with Crippen molar-refractivity contribution in [1.29, 1.82) is 0 Å². The Morgan fingerprint density at radius 1 is 0.980 bits per heavy atom. The molecule has 1 fully saturated rings. The molecule has 0 bridgehead atoms. The van der Waals surface area contributed by atoms with Gasteiger partial charge in [-0.05, 0) is 80.4 Å². The van der Waals surface area contributed by atoms with Gasteiger partial charge >= 0.3 is 0 Å². The number of halogens is 2. The number of amides is 1. The van der Waals surface area contributed by atoms with Crippen LogP contribution in [0.1, 0.15) is 52.9 Å². The second-order valence-corrected chi connectivity index (χ2v) is 13.5. The summed E-state index contributed by atoms with van der Waals surface area (Å²) in [6.45, 7) is 4.76. The molecule has 5 aromatic rings. The van der Waals surface area contributed by atoms with Crippen LogP contribution >= 0.6 is 11.6 Å². The molecular formula is C37H39ClFN9O2. The van der Waals surface area contributed by atoms with Crippen molar-refractivity contribution in [3.63, 3.8) is 0 Å². The molecule has 1 amide bonds. The fourth-order valence-corrected chi connectivity index (χ4v) is 7.27. The first-order chi connectivity index (χ1) is 24.2. The number of benzene rings is 3. The lowest BCUT2D eigenvalue weighted by molar-refractivity contribution is -0.123. The second kappa shape index (κ2) is 14.1. The van der Waals surface area contributed by atoms with Gasteiger partial charge in [-0.25, -0.2) is 9.07 Å². The van der Waals surface area contributed by atoms with E-state index in [4.69, 9.17) is 11.6 Å². The van der Waals surface area contributed by atoms with Crippen LogP contribution in [0.3, 0.4) is 0 Å². The van der Waals surface area contributed by atoms with Gasteiger partial charge in [-0.15, -0.1) is 10.2 Å². The monoisotopic (exact) mass is 695 g/mol. The van der Waals surface area contributed by atoms with E-state index in [0.29, 0.717) is 31.4 Å². The molecule has 3 aromatic carbocycles. The van der Waals surface area contributed by atoms with Gasteiger partial charge in [0.05, 0.1) is 23.3 Å². The number of carbonyl (C=O) groups is 2. The van der Waals surface area contributed by atoms with Gasteiger partial charge in [-0.2, -0.15) is 9.90 Å². The van der Waals surface area contributed by atoms with Crippen LogP contribution in [-0.2, 0) is 24.2 Å². The van der Waals surface area contributed by atoms with Gasteiger partial charge in [0.25, 0.3) is 5.91 Å². The van der Waals surface area contributed by atoms with Crippen molar-refractivity contribution < 1.29 is 14.0 Å². The fraction of sp³-hybridized carbons (Fsp3) is 0.351. The number of fused-ring (bicyclic) bond motifs is 1. The molecule has 13 heteroatoms. The van der Waals surface area contributed by atoms with Crippen LogP contribution in [0.25, 0.3) is 17.1 Å². The molecule has 2 aliphatic rings. The number of ketones is 1. The molecule has 0 N–H and O–H groups in total. The minimum atomic E-state index is -0.817. The van der Waals surface area contributed by atoms with Crippen molar-refractivity contribution in [1.82, 2.24) is 39.8 Å². The Kier molecular flexibility index (Phi) is 9.48. The Morgan fingerprint density at radius 2 is 1.72 bits per heavy atom. The zero-order valence-electron chi connectivity index (χ0n) is 28.3. The summed E-state index contributed by atoms with van der Waals surface area (Å²) < 4.78 is 16.1. The van der Waals surface area contributed by atoms with Gasteiger partial charge in [0.2, 0.25) is 5.82 Å². The standard InChI is InChI=1S/C37H39ClFN9O2/c1-4-48-42-36(41-43-48)25-13-11-24(12-14-25)21-33(49)35-29-7-5-9-31(45-18-15-27(16-19-45)44(2)3)28(29)17-20-46(35)37(50)26-22-40-47(23-26)32-10-6-8-30(38)34(32)39/h5-14,22-23,27,35H,4,15-21H2,1-3H3. The maximum absolute atomic E-state index is 14.8. The van der Waals surface area contributed by atoms with Crippen molar-refractivity contribution in [2.75, 3.05) is 38.6 Å². The van der Waals surface area contributed by atoms with Crippen LogP contribution in [0.5, 0.6) is 0 Å². The molecule has 0 saturated carbocycles. The quantitative estimate of drug-likeness (QED) is 0.201. The van der Waals surface area contributed by atoms with E-state index in [0.717, 1.165) is 53.9 Å². The smallest absolute Gasteiger partial charge is 0.257 e. The highest BCUT2D eigenvalue weighted by Gasteiger charge is 2.38. The summed E-state index contributed by atoms with van der Waals surface area (Å²) in [7, 11) is 4.26. The lowest BCUT2D eigenvalue weighted by Crippen LogP contribution is -2.45. The zero-order chi connectivity index (χ0) is 34.9. The number of aromatic nitrogens is 6. The summed E-state index contributed by atoms with van der Waals surface area (Å²) >= 11 is 6.02. The molecule has 2 aliphatic heterocycles. The van der Waals surface area contributed by atoms with E-state index in [1.165, 1.54) is 27.9 Å². The van der Waals surface area contributed by atoms with Crippen molar-refractivity contribution in [3.05, 3.63) is 106 Å². The maximum atomic E-state index is 14.8. The number of hydrogen-bond acceptors (Lipinski definition) is 8. The van der Waals surface area contributed by atoms with Gasteiger partial charge in [-0.1, -0.05) is 54.1 Å².